The van der Waals surface area contributed by atoms with Gasteiger partial charge in [0, 0.05) is 6.04 Å². The maximum Gasteiger partial charge on any atom is 0.401 e. The molecule has 2 atom stereocenters. The Balaban J connectivity index is 2.49. The molecule has 0 aliphatic carbocycles. The number of alkyl halides is 3. The van der Waals surface area contributed by atoms with E-state index in [1.165, 1.54) is 4.90 Å². The van der Waals surface area contributed by atoms with Crippen LogP contribution >= 0.6 is 0 Å². The van der Waals surface area contributed by atoms with Gasteiger partial charge in [0.05, 0.1) is 6.54 Å². The van der Waals surface area contributed by atoms with Crippen LogP contribution < -0.4 is 0 Å². The summed E-state index contributed by atoms with van der Waals surface area (Å²) in [7, 11) is 0. The first-order chi connectivity index (χ1) is 5.90. The van der Waals surface area contributed by atoms with Crippen LogP contribution in [-0.4, -0.2) is 30.2 Å². The summed E-state index contributed by atoms with van der Waals surface area (Å²) in [4.78, 5) is 1.54. The van der Waals surface area contributed by atoms with Crippen LogP contribution in [-0.2, 0) is 0 Å². The second-order valence-corrected chi connectivity index (χ2v) is 3.95. The molecular formula is C9H16F3N. The normalized spacial score (nSPS) is 32.1. The Hall–Kier alpha value is -0.250. The molecule has 0 spiro atoms. The third kappa shape index (κ3) is 3.18. The highest BCUT2D eigenvalue weighted by molar-refractivity contribution is 4.79. The highest BCUT2D eigenvalue weighted by Crippen LogP contribution is 2.26. The number of nitrogens with zero attached hydrogens (tertiary/aromatic N) is 1. The second-order valence-electron chi connectivity index (χ2n) is 3.95. The fourth-order valence-corrected chi connectivity index (χ4v) is 1.87. The smallest absolute Gasteiger partial charge is 0.292 e. The van der Waals surface area contributed by atoms with Crippen LogP contribution in [0.4, 0.5) is 13.2 Å². The van der Waals surface area contributed by atoms with Gasteiger partial charge < -0.3 is 0 Å². The molecule has 1 rings (SSSR count). The van der Waals surface area contributed by atoms with Crippen molar-refractivity contribution in [2.45, 2.75) is 38.9 Å². The number of piperidine rings is 1. The van der Waals surface area contributed by atoms with E-state index in [4.69, 9.17) is 0 Å². The molecule has 0 radical (unpaired) electrons. The Labute approximate surface area is 76.9 Å². The molecule has 0 saturated carbocycles. The molecular weight excluding hydrogens is 179 g/mol. The molecule has 13 heavy (non-hydrogen) atoms. The van der Waals surface area contributed by atoms with E-state index in [1.807, 2.05) is 13.8 Å². The average molecular weight is 195 g/mol. The van der Waals surface area contributed by atoms with Crippen LogP contribution in [0.1, 0.15) is 26.7 Å². The minimum absolute atomic E-state index is 0.0652. The molecule has 1 aliphatic rings. The van der Waals surface area contributed by atoms with Crippen molar-refractivity contribution in [3.8, 4) is 0 Å². The zero-order valence-corrected chi connectivity index (χ0v) is 8.06. The summed E-state index contributed by atoms with van der Waals surface area (Å²) >= 11 is 0. The molecule has 78 valence electrons. The zero-order chi connectivity index (χ0) is 10.1. The number of hydrogen-bond donors (Lipinski definition) is 0. The topological polar surface area (TPSA) is 3.24 Å². The van der Waals surface area contributed by atoms with Gasteiger partial charge in [0.15, 0.2) is 0 Å². The minimum atomic E-state index is -4.05. The number of hydrogen-bond acceptors (Lipinski definition) is 1. The Kier molecular flexibility index (Phi) is 3.22. The predicted octanol–water partition coefficient (Wildman–Crippen LogP) is 2.67. The summed E-state index contributed by atoms with van der Waals surface area (Å²) in [5.74, 6) is 0.385. The molecule has 1 unspecified atom stereocenters. The SMILES string of the molecule is CC1[C@H](C)CCCN1CC(F)(F)F. The second kappa shape index (κ2) is 3.86. The van der Waals surface area contributed by atoms with Crippen LogP contribution in [0.15, 0.2) is 0 Å². The lowest BCUT2D eigenvalue weighted by molar-refractivity contribution is -0.155. The monoisotopic (exact) mass is 195 g/mol. The van der Waals surface area contributed by atoms with Gasteiger partial charge >= 0.3 is 6.18 Å². The van der Waals surface area contributed by atoms with Gasteiger partial charge in [-0.05, 0) is 32.2 Å². The summed E-state index contributed by atoms with van der Waals surface area (Å²) in [5, 5.41) is 0. The quantitative estimate of drug-likeness (QED) is 0.621. The van der Waals surface area contributed by atoms with Gasteiger partial charge in [-0.3, -0.25) is 4.90 Å². The van der Waals surface area contributed by atoms with Crippen molar-refractivity contribution in [2.24, 2.45) is 5.92 Å². The molecule has 1 saturated heterocycles. The zero-order valence-electron chi connectivity index (χ0n) is 8.06. The maximum absolute atomic E-state index is 12.1. The highest BCUT2D eigenvalue weighted by Gasteiger charge is 2.35. The largest absolute Gasteiger partial charge is 0.401 e. The molecule has 4 heteroatoms. The maximum atomic E-state index is 12.1. The lowest BCUT2D eigenvalue weighted by Crippen LogP contribution is -2.46. The summed E-state index contributed by atoms with van der Waals surface area (Å²) in [5.41, 5.74) is 0. The lowest BCUT2D eigenvalue weighted by Gasteiger charge is -2.38. The van der Waals surface area contributed by atoms with Crippen molar-refractivity contribution in [1.82, 2.24) is 4.90 Å². The molecule has 1 aliphatic heterocycles. The summed E-state index contributed by atoms with van der Waals surface area (Å²) < 4.78 is 36.3. The first kappa shape index (κ1) is 10.8. The summed E-state index contributed by atoms with van der Waals surface area (Å²) in [6.07, 6.45) is -2.11. The van der Waals surface area contributed by atoms with Gasteiger partial charge in [-0.25, -0.2) is 0 Å². The number of likely N-dealkylation sites (tertiary alicyclic amines) is 1. The Morgan fingerprint density at radius 2 is 1.92 bits per heavy atom. The van der Waals surface area contributed by atoms with Crippen LogP contribution in [0.25, 0.3) is 0 Å². The molecule has 0 bridgehead atoms. The minimum Gasteiger partial charge on any atom is -0.292 e. The van der Waals surface area contributed by atoms with E-state index < -0.39 is 12.7 Å². The summed E-state index contributed by atoms with van der Waals surface area (Å²) in [6.45, 7) is 3.74. The Bertz CT molecular complexity index is 167. The van der Waals surface area contributed by atoms with Crippen molar-refractivity contribution >= 4 is 0 Å². The van der Waals surface area contributed by atoms with Crippen molar-refractivity contribution in [2.75, 3.05) is 13.1 Å². The van der Waals surface area contributed by atoms with Gasteiger partial charge in [0.1, 0.15) is 0 Å². The van der Waals surface area contributed by atoms with Crippen LogP contribution in [0, 0.1) is 5.92 Å². The third-order valence-electron chi connectivity index (χ3n) is 2.89. The fraction of sp³-hybridized carbons (Fsp3) is 1.00. The summed E-state index contributed by atoms with van der Waals surface area (Å²) in [6, 6.07) is 0.0652. The van der Waals surface area contributed by atoms with Crippen molar-refractivity contribution < 1.29 is 13.2 Å². The average Bonchev–Trinajstić information content (AvgIpc) is 1.96. The van der Waals surface area contributed by atoms with E-state index in [0.29, 0.717) is 12.5 Å². The van der Waals surface area contributed by atoms with E-state index >= 15 is 0 Å². The molecule has 0 aromatic heterocycles. The Morgan fingerprint density at radius 1 is 1.31 bits per heavy atom. The van der Waals surface area contributed by atoms with Crippen LogP contribution in [0.3, 0.4) is 0 Å². The molecule has 0 aromatic rings. The standard InChI is InChI=1S/C9H16F3N/c1-7-4-3-5-13(8(7)2)6-9(10,11)12/h7-8H,3-6H2,1-2H3/t7-,8?/m1/s1. The van der Waals surface area contributed by atoms with E-state index in [1.54, 1.807) is 0 Å². The van der Waals surface area contributed by atoms with Crippen molar-refractivity contribution in [3.05, 3.63) is 0 Å². The van der Waals surface area contributed by atoms with Crippen LogP contribution in [0.2, 0.25) is 0 Å². The van der Waals surface area contributed by atoms with Gasteiger partial charge in [-0.15, -0.1) is 0 Å². The fourth-order valence-electron chi connectivity index (χ4n) is 1.87. The number of rotatable bonds is 1. The predicted molar refractivity (Wildman–Crippen MR) is 45.5 cm³/mol. The number of halogens is 3. The van der Waals surface area contributed by atoms with Crippen molar-refractivity contribution in [1.29, 1.82) is 0 Å². The molecule has 0 N–H and O–H groups in total. The van der Waals surface area contributed by atoms with Gasteiger partial charge in [0.2, 0.25) is 0 Å². The van der Waals surface area contributed by atoms with Gasteiger partial charge in [-0.2, -0.15) is 13.2 Å². The van der Waals surface area contributed by atoms with Crippen LogP contribution in [0.5, 0.6) is 0 Å². The van der Waals surface area contributed by atoms with E-state index in [0.717, 1.165) is 12.8 Å². The molecule has 1 fully saturated rings. The molecule has 0 amide bonds. The Morgan fingerprint density at radius 3 is 2.46 bits per heavy atom. The first-order valence-corrected chi connectivity index (χ1v) is 4.71. The lowest BCUT2D eigenvalue weighted by atomic mass is 9.92. The molecule has 0 aromatic carbocycles. The van der Waals surface area contributed by atoms with E-state index in [2.05, 4.69) is 0 Å². The van der Waals surface area contributed by atoms with Crippen molar-refractivity contribution in [3.63, 3.8) is 0 Å². The van der Waals surface area contributed by atoms with E-state index in [-0.39, 0.29) is 6.04 Å². The van der Waals surface area contributed by atoms with E-state index in [9.17, 15) is 13.2 Å². The molecule has 1 nitrogen and oxygen atoms in total. The van der Waals surface area contributed by atoms with Gasteiger partial charge in [-0.1, -0.05) is 6.92 Å². The van der Waals surface area contributed by atoms with Gasteiger partial charge in [0.25, 0.3) is 0 Å². The molecule has 1 heterocycles. The first-order valence-electron chi connectivity index (χ1n) is 4.71. The third-order valence-corrected chi connectivity index (χ3v) is 2.89. The highest BCUT2D eigenvalue weighted by atomic mass is 19.4.